The minimum atomic E-state index is -0.156. The largest absolute Gasteiger partial charge is 0.377 e. The quantitative estimate of drug-likeness (QED) is 0.749. The molecular formula is C20H20FN. The second kappa shape index (κ2) is 5.28. The highest BCUT2D eigenvalue weighted by atomic mass is 19.1. The van der Waals surface area contributed by atoms with E-state index < -0.39 is 0 Å². The van der Waals surface area contributed by atoms with Crippen molar-refractivity contribution in [3.05, 3.63) is 77.1 Å². The van der Waals surface area contributed by atoms with Gasteiger partial charge in [-0.05, 0) is 47.6 Å². The van der Waals surface area contributed by atoms with E-state index in [1.54, 1.807) is 6.07 Å². The second-order valence-electron chi connectivity index (χ2n) is 6.27. The lowest BCUT2D eigenvalue weighted by Crippen LogP contribution is -2.29. The Bertz CT molecular complexity index is 734. The summed E-state index contributed by atoms with van der Waals surface area (Å²) in [4.78, 5) is 0. The third kappa shape index (κ3) is 2.06. The molecule has 0 saturated carbocycles. The zero-order valence-corrected chi connectivity index (χ0v) is 12.7. The molecule has 2 heteroatoms. The molecular weight excluding hydrogens is 273 g/mol. The highest BCUT2D eigenvalue weighted by molar-refractivity contribution is 5.64. The fourth-order valence-corrected chi connectivity index (χ4v) is 4.01. The van der Waals surface area contributed by atoms with Gasteiger partial charge in [-0.1, -0.05) is 49.4 Å². The molecule has 0 unspecified atom stereocenters. The van der Waals surface area contributed by atoms with Crippen LogP contribution in [0.4, 0.5) is 10.1 Å². The highest BCUT2D eigenvalue weighted by Gasteiger charge is 2.38. The SMILES string of the molecule is CCc1cccc2c1N[C@H](c1cccc(F)c1)[C@H]1CC=C[C@@H]21. The fourth-order valence-electron chi connectivity index (χ4n) is 4.01. The van der Waals surface area contributed by atoms with Crippen LogP contribution in [0.5, 0.6) is 0 Å². The molecule has 1 aliphatic carbocycles. The maximum atomic E-state index is 13.7. The van der Waals surface area contributed by atoms with Crippen molar-refractivity contribution >= 4 is 5.69 Å². The van der Waals surface area contributed by atoms with Crippen LogP contribution in [-0.2, 0) is 6.42 Å². The van der Waals surface area contributed by atoms with E-state index in [1.165, 1.54) is 22.9 Å². The van der Waals surface area contributed by atoms with Crippen molar-refractivity contribution in [1.29, 1.82) is 0 Å². The van der Waals surface area contributed by atoms with Gasteiger partial charge in [0, 0.05) is 11.6 Å². The number of hydrogen-bond donors (Lipinski definition) is 1. The molecule has 0 aromatic heterocycles. The zero-order valence-electron chi connectivity index (χ0n) is 12.7. The summed E-state index contributed by atoms with van der Waals surface area (Å²) in [5.74, 6) is 0.758. The van der Waals surface area contributed by atoms with Crippen molar-refractivity contribution < 1.29 is 4.39 Å². The van der Waals surface area contributed by atoms with Gasteiger partial charge in [-0.3, -0.25) is 0 Å². The number of allylic oxidation sites excluding steroid dienone is 2. The Morgan fingerprint density at radius 1 is 1.18 bits per heavy atom. The number of nitrogens with one attached hydrogen (secondary N) is 1. The van der Waals surface area contributed by atoms with Gasteiger partial charge in [0.05, 0.1) is 6.04 Å². The van der Waals surface area contributed by atoms with E-state index in [2.05, 4.69) is 42.6 Å². The lowest BCUT2D eigenvalue weighted by Gasteiger charge is -2.38. The summed E-state index contributed by atoms with van der Waals surface area (Å²) in [6, 6.07) is 13.8. The first kappa shape index (κ1) is 13.6. The van der Waals surface area contributed by atoms with E-state index in [0.29, 0.717) is 11.8 Å². The summed E-state index contributed by atoms with van der Waals surface area (Å²) >= 11 is 0. The van der Waals surface area contributed by atoms with E-state index >= 15 is 0 Å². The van der Waals surface area contributed by atoms with E-state index in [-0.39, 0.29) is 11.9 Å². The van der Waals surface area contributed by atoms with Crippen LogP contribution < -0.4 is 5.32 Å². The molecule has 1 N–H and O–H groups in total. The van der Waals surface area contributed by atoms with Crippen LogP contribution in [0.2, 0.25) is 0 Å². The third-order valence-electron chi connectivity index (χ3n) is 5.07. The minimum Gasteiger partial charge on any atom is -0.377 e. The Morgan fingerprint density at radius 3 is 2.86 bits per heavy atom. The number of halogens is 1. The number of hydrogen-bond acceptors (Lipinski definition) is 1. The molecule has 0 bridgehead atoms. The molecule has 1 heterocycles. The van der Waals surface area contributed by atoms with Crippen molar-refractivity contribution in [1.82, 2.24) is 0 Å². The van der Waals surface area contributed by atoms with Gasteiger partial charge in [-0.2, -0.15) is 0 Å². The highest BCUT2D eigenvalue weighted by Crippen LogP contribution is 2.50. The Labute approximate surface area is 130 Å². The molecule has 3 atom stereocenters. The van der Waals surface area contributed by atoms with E-state index in [4.69, 9.17) is 0 Å². The Kier molecular flexibility index (Phi) is 3.25. The molecule has 2 aliphatic rings. The predicted molar refractivity (Wildman–Crippen MR) is 88.6 cm³/mol. The summed E-state index contributed by atoms with van der Waals surface area (Å²) in [7, 11) is 0. The summed E-state index contributed by atoms with van der Waals surface area (Å²) in [5.41, 5.74) is 5.05. The number of para-hydroxylation sites is 1. The molecule has 22 heavy (non-hydrogen) atoms. The normalized spacial score (nSPS) is 25.5. The van der Waals surface area contributed by atoms with Crippen molar-refractivity contribution in [2.24, 2.45) is 5.92 Å². The second-order valence-corrected chi connectivity index (χ2v) is 6.27. The lowest BCUT2D eigenvalue weighted by molar-refractivity contribution is 0.423. The minimum absolute atomic E-state index is 0.156. The molecule has 112 valence electrons. The van der Waals surface area contributed by atoms with Gasteiger partial charge in [0.2, 0.25) is 0 Å². The van der Waals surface area contributed by atoms with Crippen LogP contribution in [0.15, 0.2) is 54.6 Å². The predicted octanol–water partition coefficient (Wildman–Crippen LogP) is 5.21. The topological polar surface area (TPSA) is 12.0 Å². The first-order valence-corrected chi connectivity index (χ1v) is 8.08. The molecule has 0 radical (unpaired) electrons. The van der Waals surface area contributed by atoms with Gasteiger partial charge in [0.1, 0.15) is 5.82 Å². The molecule has 0 fully saturated rings. The number of fused-ring (bicyclic) bond motifs is 3. The summed E-state index contributed by atoms with van der Waals surface area (Å²) < 4.78 is 13.7. The van der Waals surface area contributed by atoms with Gasteiger partial charge in [0.25, 0.3) is 0 Å². The fraction of sp³-hybridized carbons (Fsp3) is 0.300. The molecule has 0 amide bonds. The van der Waals surface area contributed by atoms with Crippen molar-refractivity contribution in [3.8, 4) is 0 Å². The average Bonchev–Trinajstić information content (AvgIpc) is 3.03. The van der Waals surface area contributed by atoms with Crippen LogP contribution in [0.3, 0.4) is 0 Å². The van der Waals surface area contributed by atoms with Gasteiger partial charge >= 0.3 is 0 Å². The van der Waals surface area contributed by atoms with Crippen LogP contribution in [0.1, 0.15) is 42.0 Å². The monoisotopic (exact) mass is 293 g/mol. The standard InChI is InChI=1S/C20H20FN/c1-2-13-6-4-10-17-16-9-5-11-18(16)20(22-19(13)17)14-7-3-8-15(21)12-14/h3-10,12,16,18,20,22H,2,11H2,1H3/t16-,18-,20+/m0/s1. The number of aryl methyl sites for hydroxylation is 1. The van der Waals surface area contributed by atoms with Crippen LogP contribution in [0.25, 0.3) is 0 Å². The van der Waals surface area contributed by atoms with E-state index in [9.17, 15) is 4.39 Å². The number of anilines is 1. The van der Waals surface area contributed by atoms with Gasteiger partial charge < -0.3 is 5.32 Å². The average molecular weight is 293 g/mol. The van der Waals surface area contributed by atoms with E-state index in [0.717, 1.165) is 18.4 Å². The Hall–Kier alpha value is -2.09. The molecule has 0 saturated heterocycles. The Morgan fingerprint density at radius 2 is 2.05 bits per heavy atom. The van der Waals surface area contributed by atoms with Crippen LogP contribution in [-0.4, -0.2) is 0 Å². The first-order chi connectivity index (χ1) is 10.8. The molecule has 1 aliphatic heterocycles. The smallest absolute Gasteiger partial charge is 0.123 e. The Balaban J connectivity index is 1.83. The van der Waals surface area contributed by atoms with Gasteiger partial charge in [-0.25, -0.2) is 4.39 Å². The molecule has 2 aromatic carbocycles. The summed E-state index contributed by atoms with van der Waals surface area (Å²) in [5, 5.41) is 3.72. The lowest BCUT2D eigenvalue weighted by atomic mass is 9.76. The van der Waals surface area contributed by atoms with Crippen molar-refractivity contribution in [3.63, 3.8) is 0 Å². The summed E-state index contributed by atoms with van der Waals surface area (Å²) in [6.45, 7) is 2.19. The molecule has 2 aromatic rings. The third-order valence-corrected chi connectivity index (χ3v) is 5.07. The van der Waals surface area contributed by atoms with Crippen molar-refractivity contribution in [2.45, 2.75) is 31.7 Å². The maximum absolute atomic E-state index is 13.7. The van der Waals surface area contributed by atoms with Crippen LogP contribution in [0, 0.1) is 11.7 Å². The first-order valence-electron chi connectivity index (χ1n) is 8.08. The van der Waals surface area contributed by atoms with E-state index in [1.807, 2.05) is 12.1 Å². The summed E-state index contributed by atoms with van der Waals surface area (Å²) in [6.07, 6.45) is 6.66. The number of benzene rings is 2. The molecule has 1 nitrogen and oxygen atoms in total. The molecule has 4 rings (SSSR count). The van der Waals surface area contributed by atoms with Crippen LogP contribution >= 0.6 is 0 Å². The zero-order chi connectivity index (χ0) is 15.1. The van der Waals surface area contributed by atoms with Crippen molar-refractivity contribution in [2.75, 3.05) is 5.32 Å². The molecule has 0 spiro atoms. The van der Waals surface area contributed by atoms with Gasteiger partial charge in [-0.15, -0.1) is 0 Å². The van der Waals surface area contributed by atoms with Gasteiger partial charge in [0.15, 0.2) is 0 Å². The number of rotatable bonds is 2. The maximum Gasteiger partial charge on any atom is 0.123 e.